The molecule has 0 bridgehead atoms. The van der Waals surface area contributed by atoms with Gasteiger partial charge >= 0.3 is 0 Å². The van der Waals surface area contributed by atoms with E-state index in [1.165, 1.54) is 5.56 Å². The monoisotopic (exact) mass is 299 g/mol. The predicted octanol–water partition coefficient (Wildman–Crippen LogP) is 2.91. The maximum absolute atomic E-state index is 10.0. The Morgan fingerprint density at radius 3 is 2.14 bits per heavy atom. The number of nitrogens with zero attached hydrogens (tertiary/aromatic N) is 1. The van der Waals surface area contributed by atoms with Gasteiger partial charge in [-0.25, -0.2) is 0 Å². The molecule has 2 unspecified atom stereocenters. The number of aliphatic hydroxyl groups is 1. The Labute approximate surface area is 133 Å². The molecule has 118 valence electrons. The van der Waals surface area contributed by atoms with E-state index in [9.17, 15) is 5.11 Å². The molecule has 0 saturated carbocycles. The quantitative estimate of drug-likeness (QED) is 0.813. The minimum atomic E-state index is -0.475. The van der Waals surface area contributed by atoms with Crippen LogP contribution in [-0.2, 0) is 11.2 Å². The van der Waals surface area contributed by atoms with Crippen molar-refractivity contribution in [3.05, 3.63) is 71.8 Å². The first kappa shape index (κ1) is 16.7. The van der Waals surface area contributed by atoms with Crippen LogP contribution in [0.3, 0.4) is 0 Å². The molecule has 0 aromatic heterocycles. The van der Waals surface area contributed by atoms with Crippen molar-refractivity contribution in [2.75, 3.05) is 27.2 Å². The molecule has 3 nitrogen and oxygen atoms in total. The Bertz CT molecular complexity index is 528. The molecule has 0 saturated heterocycles. The van der Waals surface area contributed by atoms with Crippen LogP contribution in [0, 0.1) is 0 Å². The number of hydrogen-bond acceptors (Lipinski definition) is 3. The van der Waals surface area contributed by atoms with Crippen molar-refractivity contribution in [2.24, 2.45) is 0 Å². The Morgan fingerprint density at radius 2 is 1.55 bits per heavy atom. The summed E-state index contributed by atoms with van der Waals surface area (Å²) < 4.78 is 6.02. The molecule has 2 rings (SSSR count). The number of ether oxygens (including phenoxy) is 1. The van der Waals surface area contributed by atoms with Gasteiger partial charge in [0.2, 0.25) is 0 Å². The number of rotatable bonds is 8. The van der Waals surface area contributed by atoms with Crippen LogP contribution in [0.1, 0.15) is 17.2 Å². The molecular formula is C19H25NO2. The van der Waals surface area contributed by atoms with Crippen LogP contribution in [0.4, 0.5) is 0 Å². The van der Waals surface area contributed by atoms with Crippen molar-refractivity contribution >= 4 is 0 Å². The summed E-state index contributed by atoms with van der Waals surface area (Å²) in [7, 11) is 3.89. The topological polar surface area (TPSA) is 32.7 Å². The van der Waals surface area contributed by atoms with Crippen molar-refractivity contribution in [3.63, 3.8) is 0 Å². The van der Waals surface area contributed by atoms with E-state index in [0.717, 1.165) is 12.0 Å². The summed E-state index contributed by atoms with van der Waals surface area (Å²) in [6, 6.07) is 20.5. The molecule has 0 aliphatic carbocycles. The molecule has 2 atom stereocenters. The zero-order valence-corrected chi connectivity index (χ0v) is 13.4. The molecular weight excluding hydrogens is 274 g/mol. The Morgan fingerprint density at radius 1 is 0.955 bits per heavy atom. The molecule has 2 aromatic carbocycles. The molecule has 0 amide bonds. The van der Waals surface area contributed by atoms with Gasteiger partial charge in [-0.2, -0.15) is 0 Å². The summed E-state index contributed by atoms with van der Waals surface area (Å²) in [6.45, 7) is 0.942. The summed E-state index contributed by atoms with van der Waals surface area (Å²) in [6.07, 6.45) is 0.289. The minimum absolute atomic E-state index is 0.0413. The van der Waals surface area contributed by atoms with Crippen LogP contribution in [0.25, 0.3) is 0 Å². The second-order valence-electron chi connectivity index (χ2n) is 5.84. The second-order valence-corrected chi connectivity index (χ2v) is 5.84. The zero-order chi connectivity index (χ0) is 15.8. The van der Waals surface area contributed by atoms with E-state index in [0.29, 0.717) is 13.2 Å². The maximum atomic E-state index is 10.0. The highest BCUT2D eigenvalue weighted by molar-refractivity contribution is 5.22. The lowest BCUT2D eigenvalue weighted by Gasteiger charge is -2.22. The molecule has 0 fully saturated rings. The highest BCUT2D eigenvalue weighted by Gasteiger charge is 2.15. The van der Waals surface area contributed by atoms with Gasteiger partial charge in [0.1, 0.15) is 0 Å². The van der Waals surface area contributed by atoms with Crippen LogP contribution in [-0.4, -0.2) is 43.4 Å². The fourth-order valence-corrected chi connectivity index (χ4v) is 2.47. The number of aliphatic hydroxyl groups excluding tert-OH is 1. The molecule has 3 heteroatoms. The molecule has 1 N–H and O–H groups in total. The van der Waals surface area contributed by atoms with E-state index >= 15 is 0 Å². The van der Waals surface area contributed by atoms with E-state index in [4.69, 9.17) is 4.74 Å². The van der Waals surface area contributed by atoms with Gasteiger partial charge in [0.05, 0.1) is 18.8 Å². The summed E-state index contributed by atoms with van der Waals surface area (Å²) >= 11 is 0. The molecule has 22 heavy (non-hydrogen) atoms. The summed E-state index contributed by atoms with van der Waals surface area (Å²) in [5.74, 6) is 0. The first-order valence-corrected chi connectivity index (χ1v) is 7.68. The number of benzene rings is 2. The van der Waals surface area contributed by atoms with Crippen molar-refractivity contribution in [1.29, 1.82) is 0 Å². The maximum Gasteiger partial charge on any atom is 0.0900 e. The van der Waals surface area contributed by atoms with Crippen LogP contribution < -0.4 is 0 Å². The Balaban J connectivity index is 2.02. The molecule has 2 aromatic rings. The first-order chi connectivity index (χ1) is 10.6. The fourth-order valence-electron chi connectivity index (χ4n) is 2.47. The molecule has 0 aliphatic heterocycles. The van der Waals surface area contributed by atoms with Gasteiger partial charge < -0.3 is 14.7 Å². The minimum Gasteiger partial charge on any atom is -0.389 e. The van der Waals surface area contributed by atoms with Crippen molar-refractivity contribution < 1.29 is 9.84 Å². The average Bonchev–Trinajstić information content (AvgIpc) is 2.52. The highest BCUT2D eigenvalue weighted by atomic mass is 16.5. The number of hydrogen-bond donors (Lipinski definition) is 1. The van der Waals surface area contributed by atoms with Crippen LogP contribution in [0.2, 0.25) is 0 Å². The van der Waals surface area contributed by atoms with Crippen molar-refractivity contribution in [3.8, 4) is 0 Å². The van der Waals surface area contributed by atoms with Gasteiger partial charge in [0, 0.05) is 13.0 Å². The third kappa shape index (κ3) is 5.60. The second kappa shape index (κ2) is 8.69. The van der Waals surface area contributed by atoms with E-state index in [1.807, 2.05) is 55.4 Å². The molecule has 0 radical (unpaired) electrons. The van der Waals surface area contributed by atoms with Crippen molar-refractivity contribution in [1.82, 2.24) is 4.90 Å². The lowest BCUT2D eigenvalue weighted by molar-refractivity contribution is -0.0178. The zero-order valence-electron chi connectivity index (χ0n) is 13.4. The highest BCUT2D eigenvalue weighted by Crippen LogP contribution is 2.22. The lowest BCUT2D eigenvalue weighted by Crippen LogP contribution is -2.30. The van der Waals surface area contributed by atoms with Crippen molar-refractivity contribution in [2.45, 2.75) is 18.6 Å². The fraction of sp³-hybridized carbons (Fsp3) is 0.368. The van der Waals surface area contributed by atoms with Crippen LogP contribution in [0.15, 0.2) is 60.7 Å². The van der Waals surface area contributed by atoms with Gasteiger partial charge in [0.25, 0.3) is 0 Å². The van der Waals surface area contributed by atoms with Gasteiger partial charge in [-0.1, -0.05) is 60.7 Å². The SMILES string of the molecule is CN(C)CC(O)COC(Cc1ccccc1)c1ccccc1. The standard InChI is InChI=1S/C19H25NO2/c1-20(2)14-18(21)15-22-19(17-11-7-4-8-12-17)13-16-9-5-3-6-10-16/h3-12,18-19,21H,13-15H2,1-2H3. The first-order valence-electron chi connectivity index (χ1n) is 7.68. The summed E-state index contributed by atoms with van der Waals surface area (Å²) in [5, 5.41) is 10.0. The molecule has 0 spiro atoms. The third-order valence-corrected chi connectivity index (χ3v) is 3.50. The van der Waals surface area contributed by atoms with Gasteiger partial charge in [0.15, 0.2) is 0 Å². The Kier molecular flexibility index (Phi) is 6.59. The van der Waals surface area contributed by atoms with E-state index in [-0.39, 0.29) is 6.10 Å². The molecule has 0 aliphatic rings. The smallest absolute Gasteiger partial charge is 0.0900 e. The van der Waals surface area contributed by atoms with E-state index in [2.05, 4.69) is 24.3 Å². The van der Waals surface area contributed by atoms with E-state index < -0.39 is 6.10 Å². The lowest BCUT2D eigenvalue weighted by atomic mass is 10.0. The Hall–Kier alpha value is -1.68. The van der Waals surface area contributed by atoms with Gasteiger partial charge in [-0.05, 0) is 25.2 Å². The largest absolute Gasteiger partial charge is 0.389 e. The van der Waals surface area contributed by atoms with Gasteiger partial charge in [-0.15, -0.1) is 0 Å². The average molecular weight is 299 g/mol. The third-order valence-electron chi connectivity index (χ3n) is 3.50. The predicted molar refractivity (Wildman–Crippen MR) is 89.8 cm³/mol. The van der Waals surface area contributed by atoms with Gasteiger partial charge in [-0.3, -0.25) is 0 Å². The van der Waals surface area contributed by atoms with Crippen LogP contribution >= 0.6 is 0 Å². The normalized spacial score (nSPS) is 14.0. The number of likely N-dealkylation sites (N-methyl/N-ethyl adjacent to an activating group) is 1. The van der Waals surface area contributed by atoms with E-state index in [1.54, 1.807) is 0 Å². The summed E-state index contributed by atoms with van der Waals surface area (Å²) in [4.78, 5) is 1.96. The van der Waals surface area contributed by atoms with Crippen LogP contribution in [0.5, 0.6) is 0 Å². The summed E-state index contributed by atoms with van der Waals surface area (Å²) in [5.41, 5.74) is 2.38. The molecule has 0 heterocycles.